The molecule has 1 aromatic carbocycles. The van der Waals surface area contributed by atoms with Gasteiger partial charge in [0.25, 0.3) is 0 Å². The van der Waals surface area contributed by atoms with Crippen LogP contribution in [0.1, 0.15) is 24.4 Å². The third-order valence-electron chi connectivity index (χ3n) is 2.65. The van der Waals surface area contributed by atoms with Crippen molar-refractivity contribution in [2.75, 3.05) is 6.54 Å². The summed E-state index contributed by atoms with van der Waals surface area (Å²) in [5.41, 5.74) is 1.17. The minimum absolute atomic E-state index is 0.108. The molecule has 1 aliphatic rings. The first-order valence-corrected chi connectivity index (χ1v) is 5.73. The number of hydrogen-bond donors (Lipinski definition) is 2. The van der Waals surface area contributed by atoms with Gasteiger partial charge in [-0.15, -0.1) is 0 Å². The zero-order valence-electron chi connectivity index (χ0n) is 7.91. The van der Waals surface area contributed by atoms with E-state index in [9.17, 15) is 5.11 Å². The number of halogens is 1. The second-order valence-corrected chi connectivity index (χ2v) is 4.61. The zero-order valence-corrected chi connectivity index (χ0v) is 9.50. The molecule has 1 fully saturated rings. The van der Waals surface area contributed by atoms with Gasteiger partial charge in [-0.2, -0.15) is 0 Å². The quantitative estimate of drug-likeness (QED) is 0.807. The Morgan fingerprint density at radius 2 is 2.00 bits per heavy atom. The normalized spacial score (nSPS) is 27.6. The molecule has 0 amide bonds. The van der Waals surface area contributed by atoms with E-state index < -0.39 is 0 Å². The first kappa shape index (κ1) is 10.1. The Hall–Kier alpha value is -0.380. The van der Waals surface area contributed by atoms with Crippen LogP contribution >= 0.6 is 15.9 Å². The first-order valence-electron chi connectivity index (χ1n) is 4.94. The van der Waals surface area contributed by atoms with Gasteiger partial charge >= 0.3 is 0 Å². The van der Waals surface area contributed by atoms with Crippen molar-refractivity contribution in [3.63, 3.8) is 0 Å². The maximum atomic E-state index is 9.82. The Labute approximate surface area is 92.5 Å². The third kappa shape index (κ3) is 2.16. The minimum Gasteiger partial charge on any atom is -0.391 e. The highest BCUT2D eigenvalue weighted by atomic mass is 79.9. The summed E-state index contributed by atoms with van der Waals surface area (Å²) in [5, 5.41) is 13.2. The maximum absolute atomic E-state index is 9.82. The highest BCUT2D eigenvalue weighted by molar-refractivity contribution is 9.10. The Bertz CT molecular complexity index is 299. The molecule has 2 atom stereocenters. The molecule has 2 N–H and O–H groups in total. The monoisotopic (exact) mass is 255 g/mol. The van der Waals surface area contributed by atoms with Crippen molar-refractivity contribution < 1.29 is 5.11 Å². The molecule has 0 spiro atoms. The van der Waals surface area contributed by atoms with Crippen LogP contribution in [-0.4, -0.2) is 17.8 Å². The summed E-state index contributed by atoms with van der Waals surface area (Å²) in [6, 6.07) is 8.24. The Balaban J connectivity index is 2.16. The molecule has 14 heavy (non-hydrogen) atoms. The SMILES string of the molecule is OC1CCCNC1c1ccc(Br)cc1. The molecule has 0 saturated carbocycles. The fourth-order valence-electron chi connectivity index (χ4n) is 1.88. The van der Waals surface area contributed by atoms with E-state index in [1.807, 2.05) is 12.1 Å². The molecule has 0 aliphatic carbocycles. The van der Waals surface area contributed by atoms with E-state index in [1.54, 1.807) is 0 Å². The highest BCUT2D eigenvalue weighted by Gasteiger charge is 2.23. The number of benzene rings is 1. The van der Waals surface area contributed by atoms with E-state index >= 15 is 0 Å². The van der Waals surface area contributed by atoms with E-state index in [-0.39, 0.29) is 12.1 Å². The maximum Gasteiger partial charge on any atom is 0.0735 e. The van der Waals surface area contributed by atoms with Gasteiger partial charge in [0.05, 0.1) is 12.1 Å². The van der Waals surface area contributed by atoms with Gasteiger partial charge in [-0.05, 0) is 37.1 Å². The number of aliphatic hydroxyl groups excluding tert-OH is 1. The number of piperidine rings is 1. The third-order valence-corrected chi connectivity index (χ3v) is 3.18. The topological polar surface area (TPSA) is 32.3 Å². The van der Waals surface area contributed by atoms with Crippen LogP contribution in [0.4, 0.5) is 0 Å². The van der Waals surface area contributed by atoms with Gasteiger partial charge in [0, 0.05) is 4.47 Å². The molecular formula is C11H14BrNO. The van der Waals surface area contributed by atoms with Gasteiger partial charge in [0.2, 0.25) is 0 Å². The molecule has 1 aliphatic heterocycles. The lowest BCUT2D eigenvalue weighted by molar-refractivity contribution is 0.0965. The number of aliphatic hydroxyl groups is 1. The number of nitrogens with one attached hydrogen (secondary N) is 1. The molecule has 1 heterocycles. The fraction of sp³-hybridized carbons (Fsp3) is 0.455. The Kier molecular flexibility index (Phi) is 3.21. The Morgan fingerprint density at radius 1 is 1.29 bits per heavy atom. The lowest BCUT2D eigenvalue weighted by Gasteiger charge is -2.29. The van der Waals surface area contributed by atoms with E-state index in [2.05, 4.69) is 33.4 Å². The number of hydrogen-bond acceptors (Lipinski definition) is 2. The molecule has 0 bridgehead atoms. The highest BCUT2D eigenvalue weighted by Crippen LogP contribution is 2.24. The van der Waals surface area contributed by atoms with Crippen molar-refractivity contribution in [3.05, 3.63) is 34.3 Å². The summed E-state index contributed by atoms with van der Waals surface area (Å²) in [7, 11) is 0. The van der Waals surface area contributed by atoms with Crippen LogP contribution in [0.15, 0.2) is 28.7 Å². The van der Waals surface area contributed by atoms with E-state index in [1.165, 1.54) is 5.56 Å². The van der Waals surface area contributed by atoms with Gasteiger partial charge < -0.3 is 10.4 Å². The van der Waals surface area contributed by atoms with Crippen molar-refractivity contribution in [3.8, 4) is 0 Å². The van der Waals surface area contributed by atoms with Crippen LogP contribution in [-0.2, 0) is 0 Å². The van der Waals surface area contributed by atoms with Crippen molar-refractivity contribution in [2.24, 2.45) is 0 Å². The summed E-state index contributed by atoms with van der Waals surface area (Å²) in [6.45, 7) is 0.998. The zero-order chi connectivity index (χ0) is 9.97. The predicted molar refractivity (Wildman–Crippen MR) is 60.1 cm³/mol. The Morgan fingerprint density at radius 3 is 2.64 bits per heavy atom. The van der Waals surface area contributed by atoms with Crippen LogP contribution in [0.5, 0.6) is 0 Å². The molecule has 1 saturated heterocycles. The molecule has 76 valence electrons. The van der Waals surface area contributed by atoms with Gasteiger partial charge in [0.15, 0.2) is 0 Å². The molecular weight excluding hydrogens is 242 g/mol. The van der Waals surface area contributed by atoms with Crippen molar-refractivity contribution in [2.45, 2.75) is 25.0 Å². The molecule has 2 rings (SSSR count). The van der Waals surface area contributed by atoms with Crippen LogP contribution in [0.2, 0.25) is 0 Å². The molecule has 0 radical (unpaired) electrons. The van der Waals surface area contributed by atoms with E-state index in [4.69, 9.17) is 0 Å². The molecule has 0 aromatic heterocycles. The lowest BCUT2D eigenvalue weighted by Crippen LogP contribution is -2.37. The second kappa shape index (κ2) is 4.43. The second-order valence-electron chi connectivity index (χ2n) is 3.69. The smallest absolute Gasteiger partial charge is 0.0735 e. The summed E-state index contributed by atoms with van der Waals surface area (Å²) in [5.74, 6) is 0. The molecule has 3 heteroatoms. The van der Waals surface area contributed by atoms with Crippen molar-refractivity contribution in [1.29, 1.82) is 0 Å². The fourth-order valence-corrected chi connectivity index (χ4v) is 2.15. The van der Waals surface area contributed by atoms with Gasteiger partial charge in [-0.3, -0.25) is 0 Å². The van der Waals surface area contributed by atoms with Crippen LogP contribution in [0.25, 0.3) is 0 Å². The first-order chi connectivity index (χ1) is 6.77. The average Bonchev–Trinajstić information content (AvgIpc) is 2.20. The van der Waals surface area contributed by atoms with Gasteiger partial charge in [0.1, 0.15) is 0 Å². The average molecular weight is 256 g/mol. The van der Waals surface area contributed by atoms with E-state index in [0.29, 0.717) is 0 Å². The summed E-state index contributed by atoms with van der Waals surface area (Å²) >= 11 is 3.40. The van der Waals surface area contributed by atoms with Crippen LogP contribution in [0, 0.1) is 0 Å². The van der Waals surface area contributed by atoms with Crippen LogP contribution in [0.3, 0.4) is 0 Å². The summed E-state index contributed by atoms with van der Waals surface area (Å²) in [4.78, 5) is 0. The minimum atomic E-state index is -0.245. The summed E-state index contributed by atoms with van der Waals surface area (Å²) < 4.78 is 1.08. The standard InChI is InChI=1S/C11H14BrNO/c12-9-5-3-8(4-6-9)11-10(14)2-1-7-13-11/h3-6,10-11,13-14H,1-2,7H2. The van der Waals surface area contributed by atoms with Gasteiger partial charge in [-0.1, -0.05) is 28.1 Å². The molecule has 2 unspecified atom stereocenters. The van der Waals surface area contributed by atoms with Crippen molar-refractivity contribution in [1.82, 2.24) is 5.32 Å². The van der Waals surface area contributed by atoms with Gasteiger partial charge in [-0.25, -0.2) is 0 Å². The predicted octanol–water partition coefficient (Wildman–Crippen LogP) is 2.23. The van der Waals surface area contributed by atoms with Crippen molar-refractivity contribution >= 4 is 15.9 Å². The molecule has 2 nitrogen and oxygen atoms in total. The molecule has 1 aromatic rings. The van der Waals surface area contributed by atoms with E-state index in [0.717, 1.165) is 23.9 Å². The summed E-state index contributed by atoms with van der Waals surface area (Å²) in [6.07, 6.45) is 1.71. The number of rotatable bonds is 1. The van der Waals surface area contributed by atoms with Crippen LogP contribution < -0.4 is 5.32 Å². The lowest BCUT2D eigenvalue weighted by atomic mass is 9.95. The largest absolute Gasteiger partial charge is 0.391 e.